The van der Waals surface area contributed by atoms with Crippen LogP contribution in [0.3, 0.4) is 0 Å². The van der Waals surface area contributed by atoms with E-state index >= 15 is 0 Å². The quantitative estimate of drug-likeness (QED) is 0.173. The van der Waals surface area contributed by atoms with Gasteiger partial charge in [-0.2, -0.15) is 13.2 Å². The highest BCUT2D eigenvalue weighted by atomic mass is 32.2. The fraction of sp³-hybridized carbons (Fsp3) is 0.200. The Morgan fingerprint density at radius 1 is 1.11 bits per heavy atom. The molecule has 0 spiro atoms. The number of amides is 2. The number of halogens is 3. The summed E-state index contributed by atoms with van der Waals surface area (Å²) < 4.78 is 49.5. The summed E-state index contributed by atoms with van der Waals surface area (Å²) in [5.41, 5.74) is -2.20. The van der Waals surface area contributed by atoms with Gasteiger partial charge in [0.05, 0.1) is 42.2 Å². The number of methoxy groups -OCH3 is 2. The Morgan fingerprint density at radius 3 is 2.42 bits per heavy atom. The summed E-state index contributed by atoms with van der Waals surface area (Å²) in [6.07, 6.45) is -4.63. The van der Waals surface area contributed by atoms with Gasteiger partial charge < -0.3 is 14.8 Å². The van der Waals surface area contributed by atoms with Gasteiger partial charge in [0.15, 0.2) is 15.8 Å². The van der Waals surface area contributed by atoms with Crippen LogP contribution in [0.15, 0.2) is 40.7 Å². The Bertz CT molecular complexity index is 1300. The molecule has 0 saturated heterocycles. The number of benzene rings is 2. The van der Waals surface area contributed by atoms with Gasteiger partial charge in [0.25, 0.3) is 11.6 Å². The highest BCUT2D eigenvalue weighted by Crippen LogP contribution is 2.36. The van der Waals surface area contributed by atoms with Crippen LogP contribution in [0.2, 0.25) is 0 Å². The normalized spacial score (nSPS) is 11.0. The molecule has 2 N–H and O–H groups in total. The van der Waals surface area contributed by atoms with Gasteiger partial charge in [0.1, 0.15) is 5.56 Å². The number of anilines is 2. The smallest absolute Gasteiger partial charge is 0.418 e. The molecule has 16 heteroatoms. The van der Waals surface area contributed by atoms with Crippen LogP contribution in [0, 0.1) is 10.1 Å². The van der Waals surface area contributed by atoms with Crippen LogP contribution in [-0.2, 0) is 11.0 Å². The molecular weight excluding hydrogens is 527 g/mol. The van der Waals surface area contributed by atoms with Crippen molar-refractivity contribution in [3.63, 3.8) is 0 Å². The average Bonchev–Trinajstić information content (AvgIpc) is 3.28. The number of nitrogens with one attached hydrogen (secondary N) is 2. The van der Waals surface area contributed by atoms with Crippen molar-refractivity contribution in [1.29, 1.82) is 0 Å². The van der Waals surface area contributed by atoms with Crippen LogP contribution in [0.25, 0.3) is 0 Å². The first-order valence-electron chi connectivity index (χ1n) is 9.67. The minimum Gasteiger partial charge on any atom is -0.493 e. The van der Waals surface area contributed by atoms with Crippen molar-refractivity contribution < 1.29 is 37.2 Å². The number of ether oxygens (including phenoxy) is 2. The van der Waals surface area contributed by atoms with E-state index in [1.165, 1.54) is 26.4 Å². The van der Waals surface area contributed by atoms with E-state index in [1.54, 1.807) is 0 Å². The molecule has 0 atom stereocenters. The predicted molar refractivity (Wildman–Crippen MR) is 125 cm³/mol. The molecular formula is C20H16F3N5O6S2. The Kier molecular flexibility index (Phi) is 8.31. The third-order valence-corrected chi connectivity index (χ3v) is 6.38. The van der Waals surface area contributed by atoms with Crippen LogP contribution in [0.5, 0.6) is 11.5 Å². The number of nitro benzene ring substituents is 1. The summed E-state index contributed by atoms with van der Waals surface area (Å²) in [6, 6.07) is 6.75. The lowest BCUT2D eigenvalue weighted by Crippen LogP contribution is -2.18. The maximum Gasteiger partial charge on any atom is 0.418 e. The summed E-state index contributed by atoms with van der Waals surface area (Å²) in [7, 11) is 2.59. The molecule has 36 heavy (non-hydrogen) atoms. The van der Waals surface area contributed by atoms with Crippen LogP contribution in [0.4, 0.5) is 29.7 Å². The van der Waals surface area contributed by atoms with E-state index in [-0.39, 0.29) is 38.0 Å². The minimum absolute atomic E-state index is 0.0191. The highest BCUT2D eigenvalue weighted by Gasteiger charge is 2.33. The fourth-order valence-corrected chi connectivity index (χ4v) is 4.38. The molecule has 0 aliphatic rings. The molecule has 0 unspecified atom stereocenters. The number of hydrogen-bond donors (Lipinski definition) is 2. The summed E-state index contributed by atoms with van der Waals surface area (Å²) >= 11 is 1.75. The Labute approximate surface area is 209 Å². The van der Waals surface area contributed by atoms with Gasteiger partial charge in [-0.25, -0.2) is 0 Å². The molecule has 0 saturated carbocycles. The lowest BCUT2D eigenvalue weighted by atomic mass is 10.1. The van der Waals surface area contributed by atoms with Gasteiger partial charge in [0, 0.05) is 6.07 Å². The second kappa shape index (κ2) is 11.2. The molecule has 0 fully saturated rings. The predicted octanol–water partition coefficient (Wildman–Crippen LogP) is 4.47. The molecule has 11 nitrogen and oxygen atoms in total. The first-order chi connectivity index (χ1) is 17.0. The molecule has 1 heterocycles. The number of para-hydroxylation sites is 1. The monoisotopic (exact) mass is 543 g/mol. The summed E-state index contributed by atoms with van der Waals surface area (Å²) in [4.78, 5) is 35.5. The summed E-state index contributed by atoms with van der Waals surface area (Å²) in [5.74, 6) is -1.70. The van der Waals surface area contributed by atoms with Crippen molar-refractivity contribution in [3.8, 4) is 11.5 Å². The average molecular weight is 544 g/mol. The van der Waals surface area contributed by atoms with E-state index in [0.29, 0.717) is 0 Å². The zero-order chi connectivity index (χ0) is 26.5. The number of nitrogens with zero attached hydrogens (tertiary/aromatic N) is 3. The van der Waals surface area contributed by atoms with Crippen molar-refractivity contribution in [2.24, 2.45) is 0 Å². The maximum absolute atomic E-state index is 13.1. The molecule has 3 rings (SSSR count). The number of nitro groups is 1. The van der Waals surface area contributed by atoms with Crippen molar-refractivity contribution in [3.05, 3.63) is 57.6 Å². The molecule has 2 aromatic carbocycles. The molecule has 0 radical (unpaired) electrons. The first-order valence-corrected chi connectivity index (χ1v) is 11.5. The van der Waals surface area contributed by atoms with Gasteiger partial charge >= 0.3 is 6.18 Å². The van der Waals surface area contributed by atoms with E-state index in [9.17, 15) is 32.9 Å². The SMILES string of the molecule is COc1cc(C(=O)Nc2nnc(SCC(=O)Nc3ccccc3C(F)(F)F)s2)c([N+](=O)[O-])cc1OC. The van der Waals surface area contributed by atoms with Crippen molar-refractivity contribution in [2.75, 3.05) is 30.6 Å². The Hall–Kier alpha value is -3.92. The zero-order valence-electron chi connectivity index (χ0n) is 18.4. The number of carbonyl (C=O) groups is 2. The van der Waals surface area contributed by atoms with Crippen LogP contribution in [-0.4, -0.2) is 46.9 Å². The molecule has 190 valence electrons. The first kappa shape index (κ1) is 26.7. The van der Waals surface area contributed by atoms with E-state index in [1.807, 2.05) is 0 Å². The Morgan fingerprint density at radius 2 is 1.78 bits per heavy atom. The third-order valence-electron chi connectivity index (χ3n) is 4.40. The Balaban J connectivity index is 1.66. The van der Waals surface area contributed by atoms with Gasteiger partial charge in [-0.05, 0) is 12.1 Å². The standard InChI is InChI=1S/C20H16F3N5O6S2/c1-33-14-7-10(13(28(31)32)8-15(14)34-2)17(30)25-18-26-27-19(36-18)35-9-16(29)24-12-6-4-3-5-11(12)20(21,22)23/h3-8H,9H2,1-2H3,(H,24,29)(H,25,26,30). The molecule has 3 aromatic rings. The van der Waals surface area contributed by atoms with Crippen molar-refractivity contribution in [2.45, 2.75) is 10.5 Å². The lowest BCUT2D eigenvalue weighted by Gasteiger charge is -2.13. The largest absolute Gasteiger partial charge is 0.493 e. The third kappa shape index (κ3) is 6.39. The topological polar surface area (TPSA) is 146 Å². The van der Waals surface area contributed by atoms with Gasteiger partial charge in [-0.1, -0.05) is 35.2 Å². The number of aromatic nitrogens is 2. The number of hydrogen-bond acceptors (Lipinski definition) is 10. The van der Waals surface area contributed by atoms with Gasteiger partial charge in [-0.3, -0.25) is 25.0 Å². The van der Waals surface area contributed by atoms with Crippen molar-refractivity contribution in [1.82, 2.24) is 10.2 Å². The summed E-state index contributed by atoms with van der Waals surface area (Å²) in [6.45, 7) is 0. The van der Waals surface area contributed by atoms with Crippen LogP contribution in [0.1, 0.15) is 15.9 Å². The lowest BCUT2D eigenvalue weighted by molar-refractivity contribution is -0.385. The number of rotatable bonds is 9. The van der Waals surface area contributed by atoms with Crippen molar-refractivity contribution >= 4 is 51.4 Å². The molecule has 0 aliphatic carbocycles. The number of carbonyl (C=O) groups excluding carboxylic acids is 2. The fourth-order valence-electron chi connectivity index (χ4n) is 2.84. The highest BCUT2D eigenvalue weighted by molar-refractivity contribution is 8.01. The molecule has 0 aliphatic heterocycles. The summed E-state index contributed by atoms with van der Waals surface area (Å²) in [5, 5.41) is 23.5. The molecule has 1 aromatic heterocycles. The van der Waals surface area contributed by atoms with E-state index < -0.39 is 34.2 Å². The molecule has 0 bridgehead atoms. The minimum atomic E-state index is -4.63. The van der Waals surface area contributed by atoms with Gasteiger partial charge in [-0.15, -0.1) is 10.2 Å². The van der Waals surface area contributed by atoms with Gasteiger partial charge in [0.2, 0.25) is 11.0 Å². The second-order valence-corrected chi connectivity index (χ2v) is 8.89. The number of thioether (sulfide) groups is 1. The number of alkyl halides is 3. The van der Waals surface area contributed by atoms with E-state index in [4.69, 9.17) is 9.47 Å². The maximum atomic E-state index is 13.1. The van der Waals surface area contributed by atoms with Crippen LogP contribution < -0.4 is 20.1 Å². The zero-order valence-corrected chi connectivity index (χ0v) is 20.0. The van der Waals surface area contributed by atoms with Crippen LogP contribution >= 0.6 is 23.1 Å². The second-order valence-electron chi connectivity index (χ2n) is 6.69. The van der Waals surface area contributed by atoms with E-state index in [2.05, 4.69) is 20.8 Å². The molecule has 2 amide bonds. The van der Waals surface area contributed by atoms with E-state index in [0.717, 1.165) is 47.4 Å².